The summed E-state index contributed by atoms with van der Waals surface area (Å²) in [5.41, 5.74) is -0.829. The van der Waals surface area contributed by atoms with Gasteiger partial charge in [-0.3, -0.25) is 0 Å². The topological polar surface area (TPSA) is 110 Å². The molecule has 0 saturated heterocycles. The van der Waals surface area contributed by atoms with E-state index in [-0.39, 0.29) is 12.3 Å². The molecule has 0 spiro atoms. The van der Waals surface area contributed by atoms with Gasteiger partial charge in [-0.05, 0) is 18.6 Å². The molecule has 1 unspecified atom stereocenters. The third-order valence-electron chi connectivity index (χ3n) is 2.50. The maximum Gasteiger partial charge on any atom is 0.215 e. The summed E-state index contributed by atoms with van der Waals surface area (Å²) in [7, 11) is -3.68. The molecule has 7 heteroatoms. The molecule has 3 N–H and O–H groups in total. The summed E-state index contributed by atoms with van der Waals surface area (Å²) in [5.74, 6) is -0.349. The van der Waals surface area contributed by atoms with Crippen LogP contribution in [0.5, 0.6) is 0 Å². The molecule has 1 atom stereocenters. The number of nitrogens with zero attached hydrogens (tertiary/aromatic N) is 1. The lowest BCUT2D eigenvalue weighted by Gasteiger charge is -2.20. The molecular weight excluding hydrogens is 268 g/mol. The van der Waals surface area contributed by atoms with E-state index in [1.807, 2.05) is 6.07 Å². The number of rotatable bonds is 6. The first-order valence-electron chi connectivity index (χ1n) is 5.58. The normalized spacial score (nSPS) is 14.6. The van der Waals surface area contributed by atoms with Gasteiger partial charge < -0.3 is 10.2 Å². The van der Waals surface area contributed by atoms with Crippen LogP contribution in [-0.4, -0.2) is 37.4 Å². The molecule has 104 valence electrons. The van der Waals surface area contributed by atoms with Crippen molar-refractivity contribution in [2.24, 2.45) is 0 Å². The molecule has 0 saturated carbocycles. The maximum absolute atomic E-state index is 11.8. The Hall–Kier alpha value is -1.46. The number of aliphatic hydroxyl groups excluding tert-OH is 1. The van der Waals surface area contributed by atoms with E-state index in [1.54, 1.807) is 18.2 Å². The minimum absolute atomic E-state index is 0.291. The predicted octanol–water partition coefficient (Wildman–Crippen LogP) is -0.279. The van der Waals surface area contributed by atoms with Crippen molar-refractivity contribution in [2.45, 2.75) is 18.3 Å². The highest BCUT2D eigenvalue weighted by molar-refractivity contribution is 7.88. The highest BCUT2D eigenvalue weighted by Gasteiger charge is 2.22. The fourth-order valence-corrected chi connectivity index (χ4v) is 2.63. The van der Waals surface area contributed by atoms with Crippen LogP contribution in [0.4, 0.5) is 0 Å². The fourth-order valence-electron chi connectivity index (χ4n) is 1.33. The van der Waals surface area contributed by atoms with Gasteiger partial charge in [0, 0.05) is 6.54 Å². The molecule has 0 fully saturated rings. The monoisotopic (exact) mass is 284 g/mol. The van der Waals surface area contributed by atoms with Gasteiger partial charge in [-0.2, -0.15) is 5.26 Å². The Morgan fingerprint density at radius 3 is 2.63 bits per heavy atom. The van der Waals surface area contributed by atoms with E-state index in [0.717, 1.165) is 0 Å². The molecule has 0 aliphatic heterocycles. The first-order valence-corrected chi connectivity index (χ1v) is 7.23. The summed E-state index contributed by atoms with van der Waals surface area (Å²) in [5, 5.41) is 27.2. The molecule has 1 aromatic rings. The quantitative estimate of drug-likeness (QED) is 0.665. The highest BCUT2D eigenvalue weighted by atomic mass is 32.2. The molecule has 6 nitrogen and oxygen atoms in total. The molecule has 0 aliphatic rings. The minimum atomic E-state index is -3.68. The van der Waals surface area contributed by atoms with Crippen molar-refractivity contribution in [3.05, 3.63) is 35.4 Å². The predicted molar refractivity (Wildman–Crippen MR) is 69.5 cm³/mol. The molecule has 0 aliphatic carbocycles. The summed E-state index contributed by atoms with van der Waals surface area (Å²) in [6.45, 7) is 0.476. The highest BCUT2D eigenvalue weighted by Crippen LogP contribution is 2.11. The van der Waals surface area contributed by atoms with Crippen LogP contribution in [0.1, 0.15) is 18.1 Å². The first-order chi connectivity index (χ1) is 8.79. The van der Waals surface area contributed by atoms with Crippen molar-refractivity contribution in [2.75, 3.05) is 13.2 Å². The van der Waals surface area contributed by atoms with E-state index in [2.05, 4.69) is 4.72 Å². The van der Waals surface area contributed by atoms with Crippen molar-refractivity contribution < 1.29 is 18.6 Å². The summed E-state index contributed by atoms with van der Waals surface area (Å²) in [6.07, 6.45) is 0. The largest absolute Gasteiger partial charge is 0.393 e. The van der Waals surface area contributed by atoms with Crippen LogP contribution < -0.4 is 4.72 Å². The summed E-state index contributed by atoms with van der Waals surface area (Å²) < 4.78 is 25.8. The number of sulfonamides is 1. The minimum Gasteiger partial charge on any atom is -0.393 e. The Bertz CT molecular complexity index is 576. The van der Waals surface area contributed by atoms with Crippen LogP contribution in [-0.2, 0) is 15.8 Å². The zero-order valence-electron chi connectivity index (χ0n) is 10.5. The summed E-state index contributed by atoms with van der Waals surface area (Å²) in [6, 6.07) is 8.31. The van der Waals surface area contributed by atoms with Crippen molar-refractivity contribution in [1.82, 2.24) is 4.72 Å². The molecule has 0 heterocycles. The Balaban J connectivity index is 2.78. The molecule has 1 rings (SSSR count). The lowest BCUT2D eigenvalue weighted by atomic mass is 10.1. The van der Waals surface area contributed by atoms with Crippen LogP contribution in [0, 0.1) is 11.3 Å². The van der Waals surface area contributed by atoms with Gasteiger partial charge in [0.15, 0.2) is 0 Å². The van der Waals surface area contributed by atoms with Crippen LogP contribution in [0.15, 0.2) is 24.3 Å². The van der Waals surface area contributed by atoms with E-state index in [0.29, 0.717) is 11.1 Å². The smallest absolute Gasteiger partial charge is 0.215 e. The zero-order valence-corrected chi connectivity index (χ0v) is 11.3. The average Bonchev–Trinajstić information content (AvgIpc) is 2.37. The van der Waals surface area contributed by atoms with Crippen molar-refractivity contribution in [1.29, 1.82) is 5.26 Å². The van der Waals surface area contributed by atoms with Gasteiger partial charge >= 0.3 is 0 Å². The molecule has 0 amide bonds. The maximum atomic E-state index is 11.8. The lowest BCUT2D eigenvalue weighted by molar-refractivity contribution is 0.00680. The Kier molecular flexibility index (Phi) is 5.03. The van der Waals surface area contributed by atoms with Gasteiger partial charge in [-0.15, -0.1) is 0 Å². The van der Waals surface area contributed by atoms with E-state index >= 15 is 0 Å². The number of hydrogen-bond donors (Lipinski definition) is 3. The number of hydrogen-bond acceptors (Lipinski definition) is 5. The van der Waals surface area contributed by atoms with Gasteiger partial charge in [0.1, 0.15) is 0 Å². The van der Waals surface area contributed by atoms with Crippen molar-refractivity contribution in [3.63, 3.8) is 0 Å². The molecule has 0 aromatic heterocycles. The van der Waals surface area contributed by atoms with E-state index in [4.69, 9.17) is 10.4 Å². The standard InChI is InChI=1S/C12H16N2O4S/c1-12(16,9-15)8-14-19(17,18)7-11-5-3-2-4-10(11)6-13/h2-5,14-16H,7-9H2,1H3. The van der Waals surface area contributed by atoms with Gasteiger partial charge in [-0.25, -0.2) is 13.1 Å². The Morgan fingerprint density at radius 1 is 1.42 bits per heavy atom. The van der Waals surface area contributed by atoms with E-state index in [9.17, 15) is 13.5 Å². The van der Waals surface area contributed by atoms with Crippen molar-refractivity contribution in [3.8, 4) is 6.07 Å². The summed E-state index contributed by atoms with van der Waals surface area (Å²) >= 11 is 0. The van der Waals surface area contributed by atoms with Gasteiger partial charge in [0.25, 0.3) is 0 Å². The molecular formula is C12H16N2O4S. The average molecular weight is 284 g/mol. The van der Waals surface area contributed by atoms with Crippen LogP contribution in [0.2, 0.25) is 0 Å². The number of benzene rings is 1. The fraction of sp³-hybridized carbons (Fsp3) is 0.417. The van der Waals surface area contributed by atoms with Crippen LogP contribution in [0.25, 0.3) is 0 Å². The number of aliphatic hydroxyl groups is 2. The molecule has 0 radical (unpaired) electrons. The van der Waals surface area contributed by atoms with Crippen LogP contribution >= 0.6 is 0 Å². The molecule has 19 heavy (non-hydrogen) atoms. The lowest BCUT2D eigenvalue weighted by Crippen LogP contribution is -2.43. The van der Waals surface area contributed by atoms with E-state index < -0.39 is 22.2 Å². The van der Waals surface area contributed by atoms with Crippen molar-refractivity contribution >= 4 is 10.0 Å². The molecule has 1 aromatic carbocycles. The van der Waals surface area contributed by atoms with E-state index in [1.165, 1.54) is 13.0 Å². The van der Waals surface area contributed by atoms with Gasteiger partial charge in [-0.1, -0.05) is 18.2 Å². The second-order valence-corrected chi connectivity index (χ2v) is 6.31. The second kappa shape index (κ2) is 6.12. The SMILES string of the molecule is CC(O)(CO)CNS(=O)(=O)Cc1ccccc1C#N. The third kappa shape index (κ3) is 4.96. The number of nitrogens with one attached hydrogen (secondary N) is 1. The third-order valence-corrected chi connectivity index (χ3v) is 3.77. The zero-order chi connectivity index (χ0) is 14.5. The summed E-state index contributed by atoms with van der Waals surface area (Å²) in [4.78, 5) is 0. The van der Waals surface area contributed by atoms with Gasteiger partial charge in [0.2, 0.25) is 10.0 Å². The Morgan fingerprint density at radius 2 is 2.05 bits per heavy atom. The van der Waals surface area contributed by atoms with Crippen LogP contribution in [0.3, 0.4) is 0 Å². The first kappa shape index (κ1) is 15.6. The Labute approximate surface area is 112 Å². The van der Waals surface area contributed by atoms with Gasteiger partial charge in [0.05, 0.1) is 29.6 Å². The second-order valence-electron chi connectivity index (χ2n) is 4.50. The molecule has 0 bridgehead atoms. The number of nitriles is 1.